The van der Waals surface area contributed by atoms with Gasteiger partial charge in [-0.1, -0.05) is 32.9 Å². The number of benzene rings is 1. The lowest BCUT2D eigenvalue weighted by Gasteiger charge is -2.14. The zero-order chi connectivity index (χ0) is 14.1. The molecule has 0 aromatic heterocycles. The standard InChI is InChI=1S/C17H26O2/c1-5-10-18-16-9-8-15(12-14(4)7-3)13-17(16)19-11-6-2/h7-9,13-14H,3,5-6,10-12H2,1-2,4H3. The summed E-state index contributed by atoms with van der Waals surface area (Å²) < 4.78 is 11.5. The molecule has 0 aliphatic carbocycles. The van der Waals surface area contributed by atoms with E-state index in [2.05, 4.69) is 39.5 Å². The molecule has 0 amide bonds. The normalized spacial score (nSPS) is 11.9. The largest absolute Gasteiger partial charge is 0.490 e. The average Bonchev–Trinajstić information content (AvgIpc) is 2.43. The number of ether oxygens (including phenoxy) is 2. The minimum Gasteiger partial charge on any atom is -0.490 e. The fraction of sp³-hybridized carbons (Fsp3) is 0.529. The van der Waals surface area contributed by atoms with Gasteiger partial charge >= 0.3 is 0 Å². The number of allylic oxidation sites excluding steroid dienone is 1. The third-order valence-corrected chi connectivity index (χ3v) is 2.89. The van der Waals surface area contributed by atoms with E-state index in [-0.39, 0.29) is 0 Å². The zero-order valence-electron chi connectivity index (χ0n) is 12.4. The van der Waals surface area contributed by atoms with E-state index in [0.29, 0.717) is 5.92 Å². The van der Waals surface area contributed by atoms with Crippen LogP contribution >= 0.6 is 0 Å². The fourth-order valence-corrected chi connectivity index (χ4v) is 1.79. The van der Waals surface area contributed by atoms with E-state index >= 15 is 0 Å². The summed E-state index contributed by atoms with van der Waals surface area (Å²) >= 11 is 0. The second-order valence-electron chi connectivity index (χ2n) is 4.90. The molecule has 0 radical (unpaired) electrons. The molecule has 2 heteroatoms. The van der Waals surface area contributed by atoms with Gasteiger partial charge in [0.1, 0.15) is 0 Å². The van der Waals surface area contributed by atoms with Gasteiger partial charge in [0.05, 0.1) is 13.2 Å². The molecule has 0 bridgehead atoms. The molecule has 1 unspecified atom stereocenters. The number of hydrogen-bond acceptors (Lipinski definition) is 2. The van der Waals surface area contributed by atoms with Crippen LogP contribution in [0.3, 0.4) is 0 Å². The Morgan fingerprint density at radius 1 is 1.11 bits per heavy atom. The predicted octanol–water partition coefficient (Wildman–Crippen LogP) is 4.63. The van der Waals surface area contributed by atoms with Crippen molar-refractivity contribution in [3.63, 3.8) is 0 Å². The highest BCUT2D eigenvalue weighted by atomic mass is 16.5. The monoisotopic (exact) mass is 262 g/mol. The van der Waals surface area contributed by atoms with Crippen LogP contribution in [0.25, 0.3) is 0 Å². The molecular weight excluding hydrogens is 236 g/mol. The average molecular weight is 262 g/mol. The van der Waals surface area contributed by atoms with Crippen molar-refractivity contribution in [1.82, 2.24) is 0 Å². The van der Waals surface area contributed by atoms with E-state index in [1.165, 1.54) is 5.56 Å². The second kappa shape index (κ2) is 8.63. The van der Waals surface area contributed by atoms with Crippen molar-refractivity contribution < 1.29 is 9.47 Å². The van der Waals surface area contributed by atoms with Gasteiger partial charge in [-0.2, -0.15) is 0 Å². The molecule has 0 aliphatic rings. The van der Waals surface area contributed by atoms with Crippen molar-refractivity contribution in [3.8, 4) is 11.5 Å². The molecule has 106 valence electrons. The van der Waals surface area contributed by atoms with Gasteiger partial charge in [-0.05, 0) is 42.9 Å². The smallest absolute Gasteiger partial charge is 0.161 e. The van der Waals surface area contributed by atoms with Gasteiger partial charge in [0.25, 0.3) is 0 Å². The Labute approximate surface area is 117 Å². The molecule has 0 fully saturated rings. The van der Waals surface area contributed by atoms with Crippen molar-refractivity contribution in [1.29, 1.82) is 0 Å². The Morgan fingerprint density at radius 3 is 2.32 bits per heavy atom. The molecular formula is C17H26O2. The summed E-state index contributed by atoms with van der Waals surface area (Å²) in [7, 11) is 0. The Morgan fingerprint density at radius 2 is 1.74 bits per heavy atom. The van der Waals surface area contributed by atoms with Crippen LogP contribution in [-0.2, 0) is 6.42 Å². The molecule has 1 aromatic carbocycles. The van der Waals surface area contributed by atoms with Crippen LogP contribution in [0.1, 0.15) is 39.2 Å². The van der Waals surface area contributed by atoms with E-state index in [1.807, 2.05) is 12.1 Å². The lowest BCUT2D eigenvalue weighted by molar-refractivity contribution is 0.268. The molecule has 0 aliphatic heterocycles. The maximum Gasteiger partial charge on any atom is 0.161 e. The van der Waals surface area contributed by atoms with E-state index in [4.69, 9.17) is 9.47 Å². The Hall–Kier alpha value is -1.44. The van der Waals surface area contributed by atoms with Gasteiger partial charge in [0, 0.05) is 0 Å². The zero-order valence-corrected chi connectivity index (χ0v) is 12.4. The topological polar surface area (TPSA) is 18.5 Å². The summed E-state index contributed by atoms with van der Waals surface area (Å²) in [6, 6.07) is 6.23. The van der Waals surface area contributed by atoms with Gasteiger partial charge in [0.15, 0.2) is 11.5 Å². The maximum atomic E-state index is 5.79. The summed E-state index contributed by atoms with van der Waals surface area (Å²) in [4.78, 5) is 0. The molecule has 1 aromatic rings. The lowest BCUT2D eigenvalue weighted by atomic mass is 10.0. The summed E-state index contributed by atoms with van der Waals surface area (Å²) in [5, 5.41) is 0. The van der Waals surface area contributed by atoms with Crippen LogP contribution in [0.4, 0.5) is 0 Å². The highest BCUT2D eigenvalue weighted by molar-refractivity contribution is 5.43. The van der Waals surface area contributed by atoms with Gasteiger partial charge in [-0.3, -0.25) is 0 Å². The van der Waals surface area contributed by atoms with Crippen LogP contribution in [0, 0.1) is 5.92 Å². The third kappa shape index (κ3) is 5.37. The molecule has 0 saturated heterocycles. The highest BCUT2D eigenvalue weighted by Gasteiger charge is 2.08. The maximum absolute atomic E-state index is 5.79. The van der Waals surface area contributed by atoms with Crippen molar-refractivity contribution in [3.05, 3.63) is 36.4 Å². The van der Waals surface area contributed by atoms with Crippen LogP contribution < -0.4 is 9.47 Å². The molecule has 19 heavy (non-hydrogen) atoms. The Kier molecular flexibility index (Phi) is 7.09. The molecule has 1 rings (SSSR count). The molecule has 1 atom stereocenters. The molecule has 0 saturated carbocycles. The van der Waals surface area contributed by atoms with Gasteiger partial charge < -0.3 is 9.47 Å². The summed E-state index contributed by atoms with van der Waals surface area (Å²) in [6.45, 7) is 11.7. The minimum atomic E-state index is 0.474. The predicted molar refractivity (Wildman–Crippen MR) is 81.1 cm³/mol. The fourth-order valence-electron chi connectivity index (χ4n) is 1.79. The van der Waals surface area contributed by atoms with Crippen LogP contribution in [0.15, 0.2) is 30.9 Å². The Balaban J connectivity index is 2.83. The first-order valence-corrected chi connectivity index (χ1v) is 7.22. The first kappa shape index (κ1) is 15.6. The molecule has 0 spiro atoms. The van der Waals surface area contributed by atoms with Gasteiger partial charge in [-0.15, -0.1) is 6.58 Å². The minimum absolute atomic E-state index is 0.474. The van der Waals surface area contributed by atoms with Crippen molar-refractivity contribution in [2.45, 2.75) is 40.0 Å². The molecule has 2 nitrogen and oxygen atoms in total. The number of hydrogen-bond donors (Lipinski definition) is 0. The highest BCUT2D eigenvalue weighted by Crippen LogP contribution is 2.29. The molecule has 0 N–H and O–H groups in total. The summed E-state index contributed by atoms with van der Waals surface area (Å²) in [5.74, 6) is 2.19. The number of rotatable bonds is 9. The molecule has 0 heterocycles. The van der Waals surface area contributed by atoms with E-state index in [1.54, 1.807) is 0 Å². The summed E-state index contributed by atoms with van der Waals surface area (Å²) in [6.07, 6.45) is 4.97. The van der Waals surface area contributed by atoms with Crippen LogP contribution in [-0.4, -0.2) is 13.2 Å². The third-order valence-electron chi connectivity index (χ3n) is 2.89. The van der Waals surface area contributed by atoms with Gasteiger partial charge in [-0.25, -0.2) is 0 Å². The van der Waals surface area contributed by atoms with E-state index in [9.17, 15) is 0 Å². The quantitative estimate of drug-likeness (QED) is 0.604. The first-order chi connectivity index (χ1) is 9.21. The Bertz CT molecular complexity index is 385. The van der Waals surface area contributed by atoms with Crippen molar-refractivity contribution >= 4 is 0 Å². The van der Waals surface area contributed by atoms with Crippen LogP contribution in [0.2, 0.25) is 0 Å². The van der Waals surface area contributed by atoms with Crippen LogP contribution in [0.5, 0.6) is 11.5 Å². The summed E-state index contributed by atoms with van der Waals surface area (Å²) in [5.41, 5.74) is 1.27. The van der Waals surface area contributed by atoms with Crippen molar-refractivity contribution in [2.75, 3.05) is 13.2 Å². The lowest BCUT2D eigenvalue weighted by Crippen LogP contribution is -2.03. The van der Waals surface area contributed by atoms with E-state index < -0.39 is 0 Å². The first-order valence-electron chi connectivity index (χ1n) is 7.22. The van der Waals surface area contributed by atoms with Crippen molar-refractivity contribution in [2.24, 2.45) is 5.92 Å². The second-order valence-corrected chi connectivity index (χ2v) is 4.90. The van der Waals surface area contributed by atoms with E-state index in [0.717, 1.165) is 44.0 Å². The SMILES string of the molecule is C=CC(C)Cc1ccc(OCCC)c(OCCC)c1. The van der Waals surface area contributed by atoms with Gasteiger partial charge in [0.2, 0.25) is 0 Å².